The summed E-state index contributed by atoms with van der Waals surface area (Å²) in [6.45, 7) is 7.41. The maximum Gasteiger partial charge on any atom is 0.228 e. The van der Waals surface area contributed by atoms with E-state index in [1.54, 1.807) is 4.90 Å². The Morgan fingerprint density at radius 2 is 2.15 bits per heavy atom. The van der Waals surface area contributed by atoms with Crippen LogP contribution in [0.5, 0.6) is 0 Å². The minimum atomic E-state index is 0.197. The summed E-state index contributed by atoms with van der Waals surface area (Å²) in [4.78, 5) is 14.3. The Bertz CT molecular complexity index is 484. The highest BCUT2D eigenvalue weighted by atomic mass is 16.2. The van der Waals surface area contributed by atoms with Crippen molar-refractivity contribution in [2.45, 2.75) is 46.1 Å². The summed E-state index contributed by atoms with van der Waals surface area (Å²) in [5, 5.41) is 3.48. The summed E-state index contributed by atoms with van der Waals surface area (Å²) < 4.78 is 0. The first-order valence-electron chi connectivity index (χ1n) is 7.56. The molecule has 1 amide bonds. The van der Waals surface area contributed by atoms with Gasteiger partial charge in [0.15, 0.2) is 0 Å². The smallest absolute Gasteiger partial charge is 0.228 e. The van der Waals surface area contributed by atoms with Gasteiger partial charge in [-0.1, -0.05) is 24.6 Å². The van der Waals surface area contributed by atoms with Crippen molar-refractivity contribution in [3.8, 4) is 0 Å². The summed E-state index contributed by atoms with van der Waals surface area (Å²) in [5.74, 6) is 0.781. The number of nitrogens with one attached hydrogen (secondary N) is 1. The number of anilines is 1. The molecule has 1 aliphatic heterocycles. The third kappa shape index (κ3) is 3.40. The number of hydrogen-bond donors (Lipinski definition) is 1. The zero-order valence-corrected chi connectivity index (χ0v) is 13.1. The van der Waals surface area contributed by atoms with Gasteiger partial charge in [-0.15, -0.1) is 0 Å². The summed E-state index contributed by atoms with van der Waals surface area (Å²) >= 11 is 0. The molecule has 2 atom stereocenters. The Labute approximate surface area is 122 Å². The van der Waals surface area contributed by atoms with Gasteiger partial charge >= 0.3 is 0 Å². The molecule has 1 fully saturated rings. The van der Waals surface area contributed by atoms with E-state index in [4.69, 9.17) is 0 Å². The minimum Gasteiger partial charge on any atom is -0.315 e. The number of aryl methyl sites for hydroxylation is 2. The predicted molar refractivity (Wildman–Crippen MR) is 84.1 cm³/mol. The minimum absolute atomic E-state index is 0.197. The molecule has 0 spiro atoms. The van der Waals surface area contributed by atoms with Crippen molar-refractivity contribution in [3.05, 3.63) is 29.3 Å². The van der Waals surface area contributed by atoms with Crippen LogP contribution in [-0.4, -0.2) is 25.5 Å². The highest BCUT2D eigenvalue weighted by Crippen LogP contribution is 2.23. The third-order valence-corrected chi connectivity index (χ3v) is 4.41. The summed E-state index contributed by atoms with van der Waals surface area (Å²) in [7, 11) is 1.88. The van der Waals surface area contributed by atoms with E-state index in [0.717, 1.165) is 17.8 Å². The molecule has 1 aromatic carbocycles. The SMILES string of the molecule is Cc1ccc(N(C)C(=O)CC2NCCCC2C)c(C)c1. The second kappa shape index (κ2) is 6.40. The molecule has 0 aromatic heterocycles. The highest BCUT2D eigenvalue weighted by molar-refractivity contribution is 5.94. The van der Waals surface area contributed by atoms with Gasteiger partial charge in [0.1, 0.15) is 0 Å². The second-order valence-corrected chi connectivity index (χ2v) is 6.13. The van der Waals surface area contributed by atoms with E-state index in [1.807, 2.05) is 13.1 Å². The zero-order chi connectivity index (χ0) is 14.7. The van der Waals surface area contributed by atoms with Crippen LogP contribution in [0, 0.1) is 19.8 Å². The monoisotopic (exact) mass is 274 g/mol. The van der Waals surface area contributed by atoms with Crippen molar-refractivity contribution >= 4 is 11.6 Å². The van der Waals surface area contributed by atoms with Crippen molar-refractivity contribution in [2.24, 2.45) is 5.92 Å². The van der Waals surface area contributed by atoms with Gasteiger partial charge in [0.05, 0.1) is 0 Å². The molecule has 1 N–H and O–H groups in total. The van der Waals surface area contributed by atoms with E-state index >= 15 is 0 Å². The van der Waals surface area contributed by atoms with Crippen LogP contribution in [-0.2, 0) is 4.79 Å². The van der Waals surface area contributed by atoms with Gasteiger partial charge in [-0.05, 0) is 50.8 Å². The Hall–Kier alpha value is -1.35. The molecule has 2 rings (SSSR count). The Balaban J connectivity index is 2.04. The van der Waals surface area contributed by atoms with E-state index in [0.29, 0.717) is 18.4 Å². The van der Waals surface area contributed by atoms with E-state index in [1.165, 1.54) is 18.4 Å². The molecule has 0 bridgehead atoms. The molecule has 110 valence electrons. The average molecular weight is 274 g/mol. The molecule has 1 heterocycles. The fraction of sp³-hybridized carbons (Fsp3) is 0.588. The van der Waals surface area contributed by atoms with Crippen LogP contribution in [0.1, 0.15) is 37.3 Å². The number of carbonyl (C=O) groups is 1. The van der Waals surface area contributed by atoms with Crippen molar-refractivity contribution in [2.75, 3.05) is 18.5 Å². The number of carbonyl (C=O) groups excluding carboxylic acids is 1. The predicted octanol–water partition coefficient (Wildman–Crippen LogP) is 3.04. The molecule has 20 heavy (non-hydrogen) atoms. The van der Waals surface area contributed by atoms with Crippen LogP contribution >= 0.6 is 0 Å². The summed E-state index contributed by atoms with van der Waals surface area (Å²) in [6.07, 6.45) is 3.03. The van der Waals surface area contributed by atoms with Crippen LogP contribution < -0.4 is 10.2 Å². The largest absolute Gasteiger partial charge is 0.315 e. The van der Waals surface area contributed by atoms with E-state index in [9.17, 15) is 4.79 Å². The molecular formula is C17H26N2O. The lowest BCUT2D eigenvalue weighted by atomic mass is 9.90. The fourth-order valence-corrected chi connectivity index (χ4v) is 3.03. The molecule has 3 heteroatoms. The molecule has 1 saturated heterocycles. The highest BCUT2D eigenvalue weighted by Gasteiger charge is 2.25. The number of hydrogen-bond acceptors (Lipinski definition) is 2. The Morgan fingerprint density at radius 3 is 2.80 bits per heavy atom. The molecule has 1 aromatic rings. The first-order valence-corrected chi connectivity index (χ1v) is 7.56. The topological polar surface area (TPSA) is 32.3 Å². The zero-order valence-electron chi connectivity index (χ0n) is 13.1. The lowest BCUT2D eigenvalue weighted by Gasteiger charge is -2.31. The molecule has 2 unspecified atom stereocenters. The van der Waals surface area contributed by atoms with Gasteiger partial charge in [0.25, 0.3) is 0 Å². The standard InChI is InChI=1S/C17H26N2O/c1-12-7-8-16(14(3)10-12)19(4)17(20)11-15-13(2)6-5-9-18-15/h7-8,10,13,15,18H,5-6,9,11H2,1-4H3. The third-order valence-electron chi connectivity index (χ3n) is 4.41. The maximum atomic E-state index is 12.5. The first-order chi connectivity index (χ1) is 9.49. The summed E-state index contributed by atoms with van der Waals surface area (Å²) in [5.41, 5.74) is 3.41. The molecule has 0 aliphatic carbocycles. The van der Waals surface area contributed by atoms with Gasteiger partial charge in [-0.25, -0.2) is 0 Å². The van der Waals surface area contributed by atoms with Gasteiger partial charge in [-0.2, -0.15) is 0 Å². The lowest BCUT2D eigenvalue weighted by molar-refractivity contribution is -0.119. The molecule has 0 saturated carbocycles. The number of rotatable bonds is 3. The van der Waals surface area contributed by atoms with Crippen LogP contribution in [0.3, 0.4) is 0 Å². The quantitative estimate of drug-likeness (QED) is 0.919. The van der Waals surface area contributed by atoms with Gasteiger partial charge in [0, 0.05) is 25.2 Å². The van der Waals surface area contributed by atoms with Crippen LogP contribution in [0.15, 0.2) is 18.2 Å². The number of amides is 1. The van der Waals surface area contributed by atoms with Crippen LogP contribution in [0.4, 0.5) is 5.69 Å². The first kappa shape index (κ1) is 15.0. The van der Waals surface area contributed by atoms with Crippen molar-refractivity contribution in [1.82, 2.24) is 5.32 Å². The Morgan fingerprint density at radius 1 is 1.40 bits per heavy atom. The van der Waals surface area contributed by atoms with Crippen LogP contribution in [0.2, 0.25) is 0 Å². The average Bonchev–Trinajstić information content (AvgIpc) is 2.40. The second-order valence-electron chi connectivity index (χ2n) is 6.13. The summed E-state index contributed by atoms with van der Waals surface area (Å²) in [6, 6.07) is 6.55. The molecular weight excluding hydrogens is 248 g/mol. The molecule has 3 nitrogen and oxygen atoms in total. The number of benzene rings is 1. The van der Waals surface area contributed by atoms with E-state index in [-0.39, 0.29) is 5.91 Å². The molecule has 1 aliphatic rings. The number of piperidine rings is 1. The van der Waals surface area contributed by atoms with E-state index in [2.05, 4.69) is 38.2 Å². The van der Waals surface area contributed by atoms with Crippen LogP contribution in [0.25, 0.3) is 0 Å². The number of nitrogens with zero attached hydrogens (tertiary/aromatic N) is 1. The normalized spacial score (nSPS) is 22.6. The van der Waals surface area contributed by atoms with Gasteiger partial charge < -0.3 is 10.2 Å². The fourth-order valence-electron chi connectivity index (χ4n) is 3.03. The van der Waals surface area contributed by atoms with E-state index < -0.39 is 0 Å². The lowest BCUT2D eigenvalue weighted by Crippen LogP contribution is -2.44. The van der Waals surface area contributed by atoms with Gasteiger partial charge in [0.2, 0.25) is 5.91 Å². The Kier molecular flexibility index (Phi) is 4.81. The van der Waals surface area contributed by atoms with Crippen molar-refractivity contribution in [3.63, 3.8) is 0 Å². The molecule has 0 radical (unpaired) electrons. The van der Waals surface area contributed by atoms with Gasteiger partial charge in [-0.3, -0.25) is 4.79 Å². The van der Waals surface area contributed by atoms with Crippen molar-refractivity contribution in [1.29, 1.82) is 0 Å². The maximum absolute atomic E-state index is 12.5. The van der Waals surface area contributed by atoms with Crippen molar-refractivity contribution < 1.29 is 4.79 Å².